The molecule has 0 bridgehead atoms. The molecule has 1 N–H and O–H groups in total. The molecule has 1 aliphatic rings. The highest BCUT2D eigenvalue weighted by Crippen LogP contribution is 2.49. The first-order valence-electron chi connectivity index (χ1n) is 11.7. The van der Waals surface area contributed by atoms with Gasteiger partial charge in [0.25, 0.3) is 6.29 Å². The van der Waals surface area contributed by atoms with Gasteiger partial charge in [0.1, 0.15) is 23.0 Å². The zero-order valence-electron chi connectivity index (χ0n) is 19.6. The second kappa shape index (κ2) is 8.99. The Morgan fingerprint density at radius 1 is 0.737 bits per heavy atom. The Morgan fingerprint density at radius 3 is 1.74 bits per heavy atom. The molecule has 38 heavy (non-hydrogen) atoms. The number of alkyl halides is 3. The van der Waals surface area contributed by atoms with Gasteiger partial charge in [-0.2, -0.15) is 13.2 Å². The van der Waals surface area contributed by atoms with Gasteiger partial charge in [-0.15, -0.1) is 0 Å². The number of ether oxygens (including phenoxy) is 3. The molecule has 1 heterocycles. The minimum absolute atomic E-state index is 0.125. The molecule has 1 atom stereocenters. The first kappa shape index (κ1) is 23.7. The van der Waals surface area contributed by atoms with Crippen LogP contribution in [0.1, 0.15) is 0 Å². The van der Waals surface area contributed by atoms with E-state index in [2.05, 4.69) is 0 Å². The number of esters is 1. The Labute approximate surface area is 214 Å². The van der Waals surface area contributed by atoms with Crippen LogP contribution < -0.4 is 14.2 Å². The number of carbonyl (C=O) groups is 1. The number of phenolic OH excluding ortho intramolecular Hbond substituents is 1. The van der Waals surface area contributed by atoms with Crippen LogP contribution in [0.25, 0.3) is 32.7 Å². The van der Waals surface area contributed by atoms with Crippen LogP contribution in [-0.4, -0.2) is 23.5 Å². The molecule has 0 radical (unpaired) electrons. The Kier molecular flexibility index (Phi) is 5.60. The summed E-state index contributed by atoms with van der Waals surface area (Å²) in [7, 11) is 0. The SMILES string of the molecule is O=C(Oc1ccc(O)cc1)C(C1Oc2ccc3ccccc3c2-c2c(ccc3ccccc23)O1)C(F)(F)F. The van der Waals surface area contributed by atoms with Crippen molar-refractivity contribution < 1.29 is 37.3 Å². The van der Waals surface area contributed by atoms with Crippen molar-refractivity contribution in [3.05, 3.63) is 97.1 Å². The summed E-state index contributed by atoms with van der Waals surface area (Å²) in [5, 5.41) is 12.7. The van der Waals surface area contributed by atoms with Crippen LogP contribution in [0.3, 0.4) is 0 Å². The van der Waals surface area contributed by atoms with E-state index in [0.29, 0.717) is 11.1 Å². The first-order chi connectivity index (χ1) is 18.3. The van der Waals surface area contributed by atoms with E-state index in [1.54, 1.807) is 24.3 Å². The molecule has 0 saturated carbocycles. The monoisotopic (exact) mass is 516 g/mol. The lowest BCUT2D eigenvalue weighted by molar-refractivity contribution is -0.228. The number of benzene rings is 5. The fourth-order valence-corrected chi connectivity index (χ4v) is 4.72. The van der Waals surface area contributed by atoms with Gasteiger partial charge in [0, 0.05) is 11.1 Å². The van der Waals surface area contributed by atoms with Crippen LogP contribution in [0.2, 0.25) is 0 Å². The van der Waals surface area contributed by atoms with Crippen LogP contribution in [0.5, 0.6) is 23.0 Å². The summed E-state index contributed by atoms with van der Waals surface area (Å²) in [6, 6.07) is 26.4. The van der Waals surface area contributed by atoms with Gasteiger partial charge >= 0.3 is 12.1 Å². The van der Waals surface area contributed by atoms with Crippen LogP contribution in [-0.2, 0) is 4.79 Å². The Bertz CT molecular complexity index is 1590. The molecule has 190 valence electrons. The summed E-state index contributed by atoms with van der Waals surface area (Å²) in [4.78, 5) is 12.9. The Balaban J connectivity index is 1.52. The van der Waals surface area contributed by atoms with Gasteiger partial charge in [-0.3, -0.25) is 4.79 Å². The molecule has 0 saturated heterocycles. The minimum Gasteiger partial charge on any atom is -0.508 e. The quantitative estimate of drug-likeness (QED) is 0.202. The largest absolute Gasteiger partial charge is 0.508 e. The molecule has 1 aliphatic heterocycles. The molecule has 0 aromatic heterocycles. The molecule has 0 fully saturated rings. The molecule has 5 aromatic rings. The topological polar surface area (TPSA) is 65.0 Å². The third-order valence-corrected chi connectivity index (χ3v) is 6.45. The summed E-state index contributed by atoms with van der Waals surface area (Å²) >= 11 is 0. The number of aromatic hydroxyl groups is 1. The predicted molar refractivity (Wildman–Crippen MR) is 135 cm³/mol. The van der Waals surface area contributed by atoms with Crippen LogP contribution >= 0.6 is 0 Å². The molecule has 5 nitrogen and oxygen atoms in total. The lowest BCUT2D eigenvalue weighted by Gasteiger charge is -2.27. The summed E-state index contributed by atoms with van der Waals surface area (Å²) < 4.78 is 60.0. The molecule has 8 heteroatoms. The van der Waals surface area contributed by atoms with Crippen molar-refractivity contribution in [3.8, 4) is 34.1 Å². The van der Waals surface area contributed by atoms with Gasteiger partial charge in [-0.05, 0) is 57.9 Å². The van der Waals surface area contributed by atoms with Crippen molar-refractivity contribution in [2.45, 2.75) is 12.5 Å². The van der Waals surface area contributed by atoms with Crippen LogP contribution in [0, 0.1) is 5.92 Å². The summed E-state index contributed by atoms with van der Waals surface area (Å²) in [5.74, 6) is -4.35. The van der Waals surface area contributed by atoms with Gasteiger partial charge in [-0.25, -0.2) is 0 Å². The van der Waals surface area contributed by atoms with E-state index in [-0.39, 0.29) is 23.0 Å². The maximum Gasteiger partial charge on any atom is 0.409 e. The van der Waals surface area contributed by atoms with E-state index in [4.69, 9.17) is 14.2 Å². The maximum absolute atomic E-state index is 14.4. The van der Waals surface area contributed by atoms with E-state index in [0.717, 1.165) is 21.5 Å². The van der Waals surface area contributed by atoms with Crippen LogP contribution in [0.4, 0.5) is 13.2 Å². The number of rotatable bonds is 3. The Hall–Kier alpha value is -4.72. The van der Waals surface area contributed by atoms with Crippen molar-refractivity contribution >= 4 is 27.5 Å². The number of carbonyl (C=O) groups excluding carboxylic acids is 1. The lowest BCUT2D eigenvalue weighted by atomic mass is 9.92. The smallest absolute Gasteiger partial charge is 0.409 e. The van der Waals surface area contributed by atoms with Crippen molar-refractivity contribution in [1.82, 2.24) is 0 Å². The fourth-order valence-electron chi connectivity index (χ4n) is 4.72. The molecule has 1 unspecified atom stereocenters. The predicted octanol–water partition coefficient (Wildman–Crippen LogP) is 7.25. The van der Waals surface area contributed by atoms with Gasteiger partial charge in [0.05, 0.1) is 0 Å². The number of hydrogen-bond acceptors (Lipinski definition) is 5. The number of hydrogen-bond donors (Lipinski definition) is 1. The highest BCUT2D eigenvalue weighted by molar-refractivity contribution is 6.10. The van der Waals surface area contributed by atoms with Gasteiger partial charge in [0.2, 0.25) is 5.92 Å². The number of phenols is 1. The molecule has 0 amide bonds. The Morgan fingerprint density at radius 2 is 1.24 bits per heavy atom. The van der Waals surface area contributed by atoms with Crippen molar-refractivity contribution in [2.24, 2.45) is 5.92 Å². The lowest BCUT2D eigenvalue weighted by Crippen LogP contribution is -2.47. The highest BCUT2D eigenvalue weighted by Gasteiger charge is 2.55. The average Bonchev–Trinajstić information content (AvgIpc) is 3.06. The zero-order chi connectivity index (χ0) is 26.4. The molecule has 5 aromatic carbocycles. The zero-order valence-corrected chi connectivity index (χ0v) is 19.6. The molecular weight excluding hydrogens is 497 g/mol. The molecule has 6 rings (SSSR count). The third kappa shape index (κ3) is 4.14. The summed E-state index contributed by atoms with van der Waals surface area (Å²) in [6.07, 6.45) is -7.13. The summed E-state index contributed by atoms with van der Waals surface area (Å²) in [5.41, 5.74) is 1.15. The summed E-state index contributed by atoms with van der Waals surface area (Å²) in [6.45, 7) is 0. The van der Waals surface area contributed by atoms with Crippen LogP contribution in [0.15, 0.2) is 97.1 Å². The minimum atomic E-state index is -5.06. The molecular formula is C30H19F3O5. The second-order valence-corrected chi connectivity index (χ2v) is 8.86. The maximum atomic E-state index is 14.4. The highest BCUT2D eigenvalue weighted by atomic mass is 19.4. The van der Waals surface area contributed by atoms with Crippen molar-refractivity contribution in [1.29, 1.82) is 0 Å². The van der Waals surface area contributed by atoms with E-state index < -0.39 is 24.4 Å². The molecule has 0 aliphatic carbocycles. The van der Waals surface area contributed by atoms with Gasteiger partial charge in [-0.1, -0.05) is 60.7 Å². The molecule has 0 spiro atoms. The number of fused-ring (bicyclic) bond motifs is 7. The van der Waals surface area contributed by atoms with Crippen molar-refractivity contribution in [2.75, 3.05) is 0 Å². The average molecular weight is 516 g/mol. The van der Waals surface area contributed by atoms with E-state index in [9.17, 15) is 23.1 Å². The van der Waals surface area contributed by atoms with Gasteiger partial charge < -0.3 is 19.3 Å². The fraction of sp³-hybridized carbons (Fsp3) is 0.100. The normalized spacial score (nSPS) is 14.1. The first-order valence-corrected chi connectivity index (χ1v) is 11.7. The standard InChI is InChI=1S/C30H19F3O5/c31-30(32,33)27(28(35)36-20-13-11-19(34)12-14-20)29-37-23-15-9-17-5-1-3-7-21(17)25(23)26-22-8-4-2-6-18(22)10-16-24(26)38-29/h1-16,27,29,34H. The van der Waals surface area contributed by atoms with E-state index in [1.807, 2.05) is 48.5 Å². The van der Waals surface area contributed by atoms with Crippen molar-refractivity contribution in [3.63, 3.8) is 0 Å². The van der Waals surface area contributed by atoms with Gasteiger partial charge in [0.15, 0.2) is 0 Å². The van der Waals surface area contributed by atoms with E-state index in [1.165, 1.54) is 24.3 Å². The van der Waals surface area contributed by atoms with E-state index >= 15 is 0 Å². The number of halogens is 3. The third-order valence-electron chi connectivity index (χ3n) is 6.45. The second-order valence-electron chi connectivity index (χ2n) is 8.86.